The molecule has 3 fully saturated rings. The fraction of sp³-hybridized carbons (Fsp3) is 0.400. The summed E-state index contributed by atoms with van der Waals surface area (Å²) in [6.45, 7) is 1.93. The molecule has 8 atom stereocenters. The van der Waals surface area contributed by atoms with Gasteiger partial charge in [-0.15, -0.1) is 0 Å². The molecule has 0 unspecified atom stereocenters. The van der Waals surface area contributed by atoms with Crippen LogP contribution in [0.2, 0.25) is 0 Å². The lowest BCUT2D eigenvalue weighted by Crippen LogP contribution is -2.66. The van der Waals surface area contributed by atoms with Gasteiger partial charge in [-0.2, -0.15) is 0 Å². The summed E-state index contributed by atoms with van der Waals surface area (Å²) >= 11 is 0. The molecule has 3 saturated heterocycles. The van der Waals surface area contributed by atoms with Crippen molar-refractivity contribution in [3.8, 4) is 0 Å². The fourth-order valence-electron chi connectivity index (χ4n) is 6.09. The van der Waals surface area contributed by atoms with Gasteiger partial charge in [-0.05, 0) is 11.1 Å². The van der Waals surface area contributed by atoms with Crippen LogP contribution in [-0.2, 0) is 18.9 Å². The number of hydrogen-bond acceptors (Lipinski definition) is 6. The standard InChI is InChI=1S/C30H33NO5/c1-33-30-26(27(32)28-25(35-30)19-34-29(36-28)22-15-9-4-10-16-22)31-17-23(20-11-5-2-6-12-20)24(18-31)21-13-7-3-8-14-21/h2-16,23-30,32H,17-19H2,1H3/t23-,24-,25+,26-,27-,28+,29+,30-/m0/s1. The van der Waals surface area contributed by atoms with Crippen LogP contribution in [0.15, 0.2) is 91.0 Å². The average Bonchev–Trinajstić information content (AvgIpc) is 3.39. The van der Waals surface area contributed by atoms with E-state index in [9.17, 15) is 5.11 Å². The van der Waals surface area contributed by atoms with Gasteiger partial charge in [-0.3, -0.25) is 4.90 Å². The van der Waals surface area contributed by atoms with E-state index in [4.69, 9.17) is 18.9 Å². The highest BCUT2D eigenvalue weighted by molar-refractivity contribution is 5.32. The quantitative estimate of drug-likeness (QED) is 0.585. The van der Waals surface area contributed by atoms with Gasteiger partial charge in [0.15, 0.2) is 12.6 Å². The summed E-state index contributed by atoms with van der Waals surface area (Å²) in [6, 6.07) is 30.8. The second kappa shape index (κ2) is 10.4. The van der Waals surface area contributed by atoms with Crippen molar-refractivity contribution >= 4 is 0 Å². The lowest BCUT2D eigenvalue weighted by atomic mass is 9.84. The minimum atomic E-state index is -0.783. The summed E-state index contributed by atoms with van der Waals surface area (Å²) in [5.41, 5.74) is 3.54. The Morgan fingerprint density at radius 2 is 1.28 bits per heavy atom. The van der Waals surface area contributed by atoms with Gasteiger partial charge in [0.2, 0.25) is 0 Å². The van der Waals surface area contributed by atoms with Crippen LogP contribution in [-0.4, -0.2) is 67.5 Å². The second-order valence-electron chi connectivity index (χ2n) is 9.92. The highest BCUT2D eigenvalue weighted by atomic mass is 16.7. The number of likely N-dealkylation sites (tertiary alicyclic amines) is 1. The largest absolute Gasteiger partial charge is 0.388 e. The molecule has 6 nitrogen and oxygen atoms in total. The summed E-state index contributed by atoms with van der Waals surface area (Å²) in [6.07, 6.45) is -2.79. The minimum absolute atomic E-state index is 0.295. The van der Waals surface area contributed by atoms with Crippen molar-refractivity contribution in [1.29, 1.82) is 0 Å². The second-order valence-corrected chi connectivity index (χ2v) is 9.92. The molecule has 0 radical (unpaired) electrons. The van der Waals surface area contributed by atoms with Gasteiger partial charge in [-0.1, -0.05) is 91.0 Å². The minimum Gasteiger partial charge on any atom is -0.388 e. The molecule has 6 heteroatoms. The molecule has 1 N–H and O–H groups in total. The topological polar surface area (TPSA) is 60.4 Å². The lowest BCUT2D eigenvalue weighted by molar-refractivity contribution is -0.349. The van der Waals surface area contributed by atoms with Gasteiger partial charge >= 0.3 is 0 Å². The lowest BCUT2D eigenvalue weighted by Gasteiger charge is -2.49. The highest BCUT2D eigenvalue weighted by Crippen LogP contribution is 2.43. The number of fused-ring (bicyclic) bond motifs is 1. The van der Waals surface area contributed by atoms with E-state index in [1.807, 2.05) is 30.3 Å². The van der Waals surface area contributed by atoms with E-state index in [2.05, 4.69) is 65.6 Å². The van der Waals surface area contributed by atoms with Gasteiger partial charge in [0, 0.05) is 37.6 Å². The Kier molecular flexibility index (Phi) is 6.89. The van der Waals surface area contributed by atoms with Gasteiger partial charge in [-0.25, -0.2) is 0 Å². The Labute approximate surface area is 212 Å². The Morgan fingerprint density at radius 3 is 1.81 bits per heavy atom. The molecule has 36 heavy (non-hydrogen) atoms. The van der Waals surface area contributed by atoms with Gasteiger partial charge in [0.05, 0.1) is 12.6 Å². The molecule has 188 valence electrons. The zero-order chi connectivity index (χ0) is 24.5. The molecule has 0 bridgehead atoms. The zero-order valence-corrected chi connectivity index (χ0v) is 20.4. The van der Waals surface area contributed by atoms with E-state index in [-0.39, 0.29) is 6.04 Å². The van der Waals surface area contributed by atoms with Crippen molar-refractivity contribution in [2.24, 2.45) is 0 Å². The first-order valence-corrected chi connectivity index (χ1v) is 12.7. The predicted octanol–water partition coefficient (Wildman–Crippen LogP) is 4.08. The summed E-state index contributed by atoms with van der Waals surface area (Å²) in [7, 11) is 1.64. The molecule has 0 aliphatic carbocycles. The molecular formula is C30H33NO5. The van der Waals surface area contributed by atoms with Crippen LogP contribution in [0.25, 0.3) is 0 Å². The molecule has 0 amide bonds. The maximum Gasteiger partial charge on any atom is 0.184 e. The van der Waals surface area contributed by atoms with Crippen molar-refractivity contribution in [1.82, 2.24) is 4.90 Å². The monoisotopic (exact) mass is 487 g/mol. The molecule has 0 aromatic heterocycles. The summed E-state index contributed by atoms with van der Waals surface area (Å²) < 4.78 is 24.4. The number of benzene rings is 3. The Morgan fingerprint density at radius 1 is 0.750 bits per heavy atom. The third kappa shape index (κ3) is 4.50. The molecule has 0 spiro atoms. The Balaban J connectivity index is 1.28. The molecule has 3 aliphatic heterocycles. The number of aliphatic hydroxyl groups excluding tert-OH is 1. The maximum absolute atomic E-state index is 11.7. The van der Waals surface area contributed by atoms with Gasteiger partial charge in [0.1, 0.15) is 18.3 Å². The van der Waals surface area contributed by atoms with Crippen LogP contribution in [0, 0.1) is 0 Å². The van der Waals surface area contributed by atoms with Crippen LogP contribution in [0.4, 0.5) is 0 Å². The third-order valence-corrected chi connectivity index (χ3v) is 7.86. The van der Waals surface area contributed by atoms with Crippen molar-refractivity contribution in [2.75, 3.05) is 26.8 Å². The van der Waals surface area contributed by atoms with Crippen LogP contribution < -0.4 is 0 Å². The first-order valence-electron chi connectivity index (χ1n) is 12.7. The maximum atomic E-state index is 11.7. The van der Waals surface area contributed by atoms with Crippen LogP contribution in [0.3, 0.4) is 0 Å². The van der Waals surface area contributed by atoms with E-state index in [0.717, 1.165) is 18.7 Å². The first-order chi connectivity index (χ1) is 17.7. The summed E-state index contributed by atoms with van der Waals surface area (Å²) in [5, 5.41) is 11.7. The molecule has 6 rings (SSSR count). The van der Waals surface area contributed by atoms with E-state index in [1.165, 1.54) is 11.1 Å². The average molecular weight is 488 g/mol. The summed E-state index contributed by atoms with van der Waals surface area (Å²) in [4.78, 5) is 2.33. The number of aliphatic hydroxyl groups is 1. The molecular weight excluding hydrogens is 454 g/mol. The van der Waals surface area contributed by atoms with E-state index < -0.39 is 30.9 Å². The molecule has 0 saturated carbocycles. The smallest absolute Gasteiger partial charge is 0.184 e. The van der Waals surface area contributed by atoms with Crippen LogP contribution >= 0.6 is 0 Å². The number of rotatable bonds is 5. The highest BCUT2D eigenvalue weighted by Gasteiger charge is 2.53. The Bertz CT molecular complexity index is 1070. The van der Waals surface area contributed by atoms with Gasteiger partial charge in [0.25, 0.3) is 0 Å². The molecule has 3 heterocycles. The first kappa shape index (κ1) is 23.8. The SMILES string of the molecule is CO[C@H]1O[C@@H]2CO[C@@H](c3ccccc3)O[C@H]2[C@@H](O)[C@@H]1N1C[C@@H](c2ccccc2)[C@H](c2ccccc2)C1. The van der Waals surface area contributed by atoms with Crippen molar-refractivity contribution in [2.45, 2.75) is 48.8 Å². The van der Waals surface area contributed by atoms with E-state index in [1.54, 1.807) is 7.11 Å². The zero-order valence-electron chi connectivity index (χ0n) is 20.4. The van der Waals surface area contributed by atoms with Crippen molar-refractivity contribution in [3.05, 3.63) is 108 Å². The van der Waals surface area contributed by atoms with E-state index in [0.29, 0.717) is 18.4 Å². The number of methoxy groups -OCH3 is 1. The number of ether oxygens (including phenoxy) is 4. The van der Waals surface area contributed by atoms with Gasteiger partial charge < -0.3 is 24.1 Å². The van der Waals surface area contributed by atoms with Crippen molar-refractivity contribution in [3.63, 3.8) is 0 Å². The Hall–Kier alpha value is -2.58. The third-order valence-electron chi connectivity index (χ3n) is 7.86. The normalized spacial score (nSPS) is 34.8. The number of nitrogens with zero attached hydrogens (tertiary/aromatic N) is 1. The predicted molar refractivity (Wildman–Crippen MR) is 135 cm³/mol. The van der Waals surface area contributed by atoms with E-state index >= 15 is 0 Å². The van der Waals surface area contributed by atoms with Crippen LogP contribution in [0.5, 0.6) is 0 Å². The molecule has 3 aromatic carbocycles. The fourth-order valence-corrected chi connectivity index (χ4v) is 6.09. The molecule has 3 aromatic rings. The van der Waals surface area contributed by atoms with Crippen molar-refractivity contribution < 1.29 is 24.1 Å². The van der Waals surface area contributed by atoms with Crippen LogP contribution in [0.1, 0.15) is 34.8 Å². The number of hydrogen-bond donors (Lipinski definition) is 1. The molecule has 3 aliphatic rings. The summed E-state index contributed by atoms with van der Waals surface area (Å²) in [5.74, 6) is 0.590.